The normalized spacial score (nSPS) is 19.0. The van der Waals surface area contributed by atoms with Crippen molar-refractivity contribution in [1.82, 2.24) is 10.2 Å². The first-order valence-electron chi connectivity index (χ1n) is 13.1. The SMILES string of the molecule is CS(=O)c1ccc(NC(=O)N(Cc2ccc(C(=O)NC[C@@H](O)C(=O)O)cc2)C2CCC(C(C)(C)C)CC2)cc1. The number of aliphatic hydroxyl groups excluding tert-OH is 1. The molecule has 2 aromatic rings. The Morgan fingerprint density at radius 2 is 1.59 bits per heavy atom. The molecular formula is C29H39N3O6S. The van der Waals surface area contributed by atoms with E-state index in [1.165, 1.54) is 0 Å². The fourth-order valence-corrected chi connectivity index (χ4v) is 5.40. The largest absolute Gasteiger partial charge is 0.479 e. The minimum absolute atomic E-state index is 0.0616. The van der Waals surface area contributed by atoms with Gasteiger partial charge in [-0.2, -0.15) is 0 Å². The average Bonchev–Trinajstić information content (AvgIpc) is 2.90. The van der Waals surface area contributed by atoms with Gasteiger partial charge in [-0.15, -0.1) is 0 Å². The molecule has 3 amide bonds. The van der Waals surface area contributed by atoms with E-state index in [4.69, 9.17) is 5.11 Å². The van der Waals surface area contributed by atoms with E-state index in [-0.39, 0.29) is 17.5 Å². The third kappa shape index (κ3) is 8.63. The summed E-state index contributed by atoms with van der Waals surface area (Å²) >= 11 is 0. The number of nitrogens with one attached hydrogen (secondary N) is 2. The van der Waals surface area contributed by atoms with Crippen molar-refractivity contribution in [1.29, 1.82) is 0 Å². The van der Waals surface area contributed by atoms with Crippen LogP contribution in [0.3, 0.4) is 0 Å². The van der Waals surface area contributed by atoms with Gasteiger partial charge in [0.15, 0.2) is 6.10 Å². The molecule has 212 valence electrons. The van der Waals surface area contributed by atoms with Gasteiger partial charge < -0.3 is 25.7 Å². The zero-order valence-electron chi connectivity index (χ0n) is 23.0. The zero-order valence-corrected chi connectivity index (χ0v) is 23.8. The van der Waals surface area contributed by atoms with Crippen molar-refractivity contribution in [3.05, 3.63) is 59.7 Å². The monoisotopic (exact) mass is 557 g/mol. The molecule has 1 saturated carbocycles. The predicted octanol–water partition coefficient (Wildman–Crippen LogP) is 4.24. The molecule has 1 unspecified atom stereocenters. The highest BCUT2D eigenvalue weighted by atomic mass is 32.2. The first kappa shape index (κ1) is 30.3. The number of aliphatic hydroxyl groups is 1. The van der Waals surface area contributed by atoms with Gasteiger partial charge >= 0.3 is 12.0 Å². The molecule has 0 aliphatic heterocycles. The number of aliphatic carboxylic acids is 1. The number of rotatable bonds is 9. The van der Waals surface area contributed by atoms with Crippen LogP contribution < -0.4 is 10.6 Å². The molecule has 3 rings (SSSR count). The van der Waals surface area contributed by atoms with Crippen molar-refractivity contribution in [2.45, 2.75) is 70.0 Å². The number of anilines is 1. The van der Waals surface area contributed by atoms with Gasteiger partial charge in [-0.3, -0.25) is 9.00 Å². The highest BCUT2D eigenvalue weighted by molar-refractivity contribution is 7.84. The van der Waals surface area contributed by atoms with Gasteiger partial charge in [0.1, 0.15) is 0 Å². The minimum Gasteiger partial charge on any atom is -0.479 e. The third-order valence-electron chi connectivity index (χ3n) is 7.37. The smallest absolute Gasteiger partial charge is 0.334 e. The van der Waals surface area contributed by atoms with Gasteiger partial charge in [0.05, 0.1) is 6.54 Å². The molecule has 0 spiro atoms. The van der Waals surface area contributed by atoms with Crippen LogP contribution in [0.15, 0.2) is 53.4 Å². The van der Waals surface area contributed by atoms with Gasteiger partial charge in [0, 0.05) is 45.8 Å². The number of hydrogen-bond donors (Lipinski definition) is 4. The first-order valence-corrected chi connectivity index (χ1v) is 14.7. The standard InChI is InChI=1S/C29H39N3O6S/c1-29(2,3)21-9-13-23(14-10-21)32(28(37)31-22-11-15-24(16-12-22)39(4)38)18-19-5-7-20(8-6-19)26(34)30-17-25(33)27(35)36/h5-8,11-12,15-16,21,23,25,33H,9-10,13-14,17-18H2,1-4H3,(H,30,34)(H,31,37)(H,35,36)/t21?,23?,25-,39?/m1/s1. The molecule has 4 N–H and O–H groups in total. The van der Waals surface area contributed by atoms with Crippen LogP contribution in [0.1, 0.15) is 62.4 Å². The molecule has 2 aromatic carbocycles. The molecule has 0 heterocycles. The van der Waals surface area contributed by atoms with E-state index in [1.54, 1.807) is 54.8 Å². The van der Waals surface area contributed by atoms with Crippen LogP contribution in [0.4, 0.5) is 10.5 Å². The van der Waals surface area contributed by atoms with E-state index in [0.29, 0.717) is 28.6 Å². The van der Waals surface area contributed by atoms with Crippen LogP contribution in [0.2, 0.25) is 0 Å². The van der Waals surface area contributed by atoms with E-state index in [2.05, 4.69) is 31.4 Å². The lowest BCUT2D eigenvalue weighted by Gasteiger charge is -2.41. The Morgan fingerprint density at radius 1 is 1.00 bits per heavy atom. The molecule has 1 aliphatic carbocycles. The quantitative estimate of drug-likeness (QED) is 0.364. The van der Waals surface area contributed by atoms with Crippen LogP contribution in [0, 0.1) is 11.3 Å². The van der Waals surface area contributed by atoms with Gasteiger partial charge in [-0.05, 0) is 79.0 Å². The number of carbonyl (C=O) groups excluding carboxylic acids is 2. The van der Waals surface area contributed by atoms with Crippen LogP contribution in [-0.2, 0) is 22.1 Å². The van der Waals surface area contributed by atoms with Gasteiger partial charge in [0.25, 0.3) is 5.91 Å². The maximum atomic E-state index is 13.5. The highest BCUT2D eigenvalue weighted by Crippen LogP contribution is 2.39. The number of nitrogens with zero attached hydrogens (tertiary/aromatic N) is 1. The van der Waals surface area contributed by atoms with Crippen molar-refractivity contribution >= 4 is 34.4 Å². The fourth-order valence-electron chi connectivity index (χ4n) is 4.88. The summed E-state index contributed by atoms with van der Waals surface area (Å²) in [6.45, 7) is 6.74. The molecule has 10 heteroatoms. The Kier molecular flexibility index (Phi) is 10.3. The van der Waals surface area contributed by atoms with E-state index >= 15 is 0 Å². The molecule has 2 atom stereocenters. The van der Waals surface area contributed by atoms with Gasteiger partial charge in [-0.25, -0.2) is 9.59 Å². The van der Waals surface area contributed by atoms with E-state index in [0.717, 1.165) is 31.2 Å². The Hall–Kier alpha value is -3.24. The summed E-state index contributed by atoms with van der Waals surface area (Å²) < 4.78 is 11.7. The lowest BCUT2D eigenvalue weighted by atomic mass is 9.71. The Morgan fingerprint density at radius 3 is 2.10 bits per heavy atom. The minimum atomic E-state index is -1.67. The second kappa shape index (κ2) is 13.2. The topological polar surface area (TPSA) is 136 Å². The number of hydrogen-bond acceptors (Lipinski definition) is 5. The highest BCUT2D eigenvalue weighted by Gasteiger charge is 2.33. The van der Waals surface area contributed by atoms with E-state index < -0.39 is 35.3 Å². The number of carbonyl (C=O) groups is 3. The van der Waals surface area contributed by atoms with Crippen LogP contribution in [0.5, 0.6) is 0 Å². The summed E-state index contributed by atoms with van der Waals surface area (Å²) in [6.07, 6.45) is 3.81. The zero-order chi connectivity index (χ0) is 28.7. The predicted molar refractivity (Wildman–Crippen MR) is 151 cm³/mol. The second-order valence-electron chi connectivity index (χ2n) is 11.2. The maximum absolute atomic E-state index is 13.5. The molecule has 1 fully saturated rings. The number of amides is 3. The lowest BCUT2D eigenvalue weighted by molar-refractivity contribution is -0.146. The number of carboxylic acids is 1. The fraction of sp³-hybridized carbons (Fsp3) is 0.483. The number of benzene rings is 2. The van der Waals surface area contributed by atoms with Crippen molar-refractivity contribution in [2.75, 3.05) is 18.1 Å². The Bertz CT molecular complexity index is 1170. The molecule has 0 aromatic heterocycles. The van der Waals surface area contributed by atoms with E-state index in [9.17, 15) is 23.7 Å². The van der Waals surface area contributed by atoms with E-state index in [1.807, 2.05) is 4.90 Å². The summed E-state index contributed by atoms with van der Waals surface area (Å²) in [5.41, 5.74) is 2.02. The molecular weight excluding hydrogens is 518 g/mol. The van der Waals surface area contributed by atoms with Gasteiger partial charge in [-0.1, -0.05) is 32.9 Å². The molecule has 0 radical (unpaired) electrons. The third-order valence-corrected chi connectivity index (χ3v) is 8.31. The molecule has 9 nitrogen and oxygen atoms in total. The summed E-state index contributed by atoms with van der Waals surface area (Å²) in [6, 6.07) is 13.6. The van der Waals surface area contributed by atoms with Crippen LogP contribution >= 0.6 is 0 Å². The van der Waals surface area contributed by atoms with Crippen LogP contribution in [0.25, 0.3) is 0 Å². The maximum Gasteiger partial charge on any atom is 0.334 e. The Balaban J connectivity index is 1.73. The molecule has 0 saturated heterocycles. The molecule has 39 heavy (non-hydrogen) atoms. The molecule has 0 bridgehead atoms. The van der Waals surface area contributed by atoms with Crippen molar-refractivity contribution < 1.29 is 28.8 Å². The number of urea groups is 1. The first-order chi connectivity index (χ1) is 18.3. The number of carboxylic acid groups (broad SMARTS) is 1. The summed E-state index contributed by atoms with van der Waals surface area (Å²) in [4.78, 5) is 39.1. The van der Waals surface area contributed by atoms with Crippen molar-refractivity contribution in [3.8, 4) is 0 Å². The summed E-state index contributed by atoms with van der Waals surface area (Å²) in [7, 11) is -1.10. The Labute approximate surface area is 232 Å². The summed E-state index contributed by atoms with van der Waals surface area (Å²) in [5, 5.41) is 23.5. The van der Waals surface area contributed by atoms with Gasteiger partial charge in [0.2, 0.25) is 0 Å². The van der Waals surface area contributed by atoms with Crippen molar-refractivity contribution in [2.24, 2.45) is 11.3 Å². The summed E-state index contributed by atoms with van der Waals surface area (Å²) in [5.74, 6) is -1.30. The lowest BCUT2D eigenvalue weighted by Crippen LogP contribution is -2.45. The second-order valence-corrected chi connectivity index (χ2v) is 12.5. The van der Waals surface area contributed by atoms with Crippen LogP contribution in [-0.4, -0.2) is 62.2 Å². The van der Waals surface area contributed by atoms with Crippen molar-refractivity contribution in [3.63, 3.8) is 0 Å². The molecule has 1 aliphatic rings. The average molecular weight is 558 g/mol.